The summed E-state index contributed by atoms with van der Waals surface area (Å²) in [7, 11) is -0.909. The first-order chi connectivity index (χ1) is 11.3. The summed E-state index contributed by atoms with van der Waals surface area (Å²) >= 11 is 0. The Hall–Kier alpha value is -1.80. The van der Waals surface area contributed by atoms with Crippen molar-refractivity contribution < 1.29 is 27.8 Å². The third kappa shape index (κ3) is 2.53. The maximum Gasteiger partial charge on any atom is 0.311 e. The number of hydrogen-bond acceptors (Lipinski definition) is 5. The van der Waals surface area contributed by atoms with Gasteiger partial charge in [-0.3, -0.25) is 4.79 Å². The Balaban J connectivity index is 1.96. The van der Waals surface area contributed by atoms with Crippen LogP contribution in [-0.4, -0.2) is 51.1 Å². The zero-order valence-corrected chi connectivity index (χ0v) is 14.5. The van der Waals surface area contributed by atoms with Crippen molar-refractivity contribution in [3.63, 3.8) is 0 Å². The van der Waals surface area contributed by atoms with E-state index >= 15 is 0 Å². The molecule has 1 heterocycles. The van der Waals surface area contributed by atoms with Gasteiger partial charge in [0.05, 0.1) is 24.5 Å². The van der Waals surface area contributed by atoms with Crippen LogP contribution in [0.2, 0.25) is 0 Å². The van der Waals surface area contributed by atoms with Crippen LogP contribution in [0, 0.1) is 11.3 Å². The lowest BCUT2D eigenvalue weighted by Crippen LogP contribution is -2.37. The lowest BCUT2D eigenvalue weighted by Gasteiger charge is -2.23. The van der Waals surface area contributed by atoms with Crippen LogP contribution in [-0.2, 0) is 14.8 Å². The minimum atomic E-state index is -3.81. The molecule has 0 aromatic heterocycles. The first-order valence-corrected chi connectivity index (χ1v) is 9.24. The number of hydrogen-bond donors (Lipinski definition) is 1. The first kappa shape index (κ1) is 17.0. The third-order valence-corrected chi connectivity index (χ3v) is 7.02. The van der Waals surface area contributed by atoms with Crippen molar-refractivity contribution in [1.82, 2.24) is 4.31 Å². The highest BCUT2D eigenvalue weighted by Gasteiger charge is 2.57. The van der Waals surface area contributed by atoms with E-state index in [9.17, 15) is 18.3 Å². The minimum absolute atomic E-state index is 0.0227. The summed E-state index contributed by atoms with van der Waals surface area (Å²) in [5, 5.41) is 9.63. The van der Waals surface area contributed by atoms with Gasteiger partial charge in [0.15, 0.2) is 0 Å². The van der Waals surface area contributed by atoms with E-state index in [2.05, 4.69) is 0 Å². The predicted octanol–water partition coefficient (Wildman–Crippen LogP) is 1.58. The first-order valence-electron chi connectivity index (χ1n) is 7.80. The van der Waals surface area contributed by atoms with E-state index in [0.717, 1.165) is 12.8 Å². The predicted molar refractivity (Wildman–Crippen MR) is 85.7 cm³/mol. The molecule has 0 bridgehead atoms. The van der Waals surface area contributed by atoms with Crippen molar-refractivity contribution in [2.75, 3.05) is 27.3 Å². The summed E-state index contributed by atoms with van der Waals surface area (Å²) in [5.41, 5.74) is -0.948. The van der Waals surface area contributed by atoms with Crippen molar-refractivity contribution in [3.05, 3.63) is 18.2 Å². The summed E-state index contributed by atoms with van der Waals surface area (Å²) in [6, 6.07) is 4.45. The Bertz CT molecular complexity index is 740. The van der Waals surface area contributed by atoms with Crippen LogP contribution in [0.1, 0.15) is 19.3 Å². The van der Waals surface area contributed by atoms with E-state index in [4.69, 9.17) is 9.47 Å². The van der Waals surface area contributed by atoms with Crippen LogP contribution in [0.3, 0.4) is 0 Å². The molecule has 1 aromatic carbocycles. The second-order valence-electron chi connectivity index (χ2n) is 6.40. The number of fused-ring (bicyclic) bond motifs is 1. The highest BCUT2D eigenvalue weighted by Crippen LogP contribution is 2.50. The van der Waals surface area contributed by atoms with Crippen molar-refractivity contribution in [3.8, 4) is 11.5 Å². The average molecular weight is 355 g/mol. The Labute approximate surface area is 141 Å². The molecule has 0 radical (unpaired) electrons. The Morgan fingerprint density at radius 1 is 1.25 bits per heavy atom. The van der Waals surface area contributed by atoms with Crippen molar-refractivity contribution in [2.24, 2.45) is 11.3 Å². The van der Waals surface area contributed by atoms with Crippen molar-refractivity contribution in [1.29, 1.82) is 0 Å². The van der Waals surface area contributed by atoms with Gasteiger partial charge in [0, 0.05) is 31.3 Å². The third-order valence-electron chi connectivity index (χ3n) is 5.23. The molecule has 0 unspecified atom stereocenters. The van der Waals surface area contributed by atoms with E-state index in [1.165, 1.54) is 30.7 Å². The van der Waals surface area contributed by atoms with Crippen molar-refractivity contribution in [2.45, 2.75) is 24.2 Å². The molecule has 1 aromatic rings. The van der Waals surface area contributed by atoms with Crippen LogP contribution in [0.4, 0.5) is 0 Å². The molecular formula is C16H21NO6S. The number of carbonyl (C=O) groups is 1. The van der Waals surface area contributed by atoms with Gasteiger partial charge in [-0.05, 0) is 18.8 Å². The highest BCUT2D eigenvalue weighted by molar-refractivity contribution is 7.89. The van der Waals surface area contributed by atoms with Gasteiger partial charge in [-0.2, -0.15) is 4.31 Å². The number of rotatable bonds is 5. The number of ether oxygens (including phenoxy) is 2. The number of methoxy groups -OCH3 is 2. The fourth-order valence-electron chi connectivity index (χ4n) is 3.86. The molecule has 3 rings (SSSR count). The molecule has 0 spiro atoms. The van der Waals surface area contributed by atoms with E-state index < -0.39 is 21.4 Å². The smallest absolute Gasteiger partial charge is 0.311 e. The molecular weight excluding hydrogens is 334 g/mol. The van der Waals surface area contributed by atoms with Gasteiger partial charge in [-0.1, -0.05) is 6.42 Å². The van der Waals surface area contributed by atoms with Gasteiger partial charge < -0.3 is 14.6 Å². The second kappa shape index (κ2) is 5.93. The fourth-order valence-corrected chi connectivity index (χ4v) is 5.46. The maximum atomic E-state index is 13.0. The molecule has 1 aliphatic carbocycles. The fraction of sp³-hybridized carbons (Fsp3) is 0.562. The Kier molecular flexibility index (Phi) is 4.21. The van der Waals surface area contributed by atoms with Gasteiger partial charge in [0.1, 0.15) is 11.5 Å². The van der Waals surface area contributed by atoms with Crippen LogP contribution in [0.5, 0.6) is 11.5 Å². The molecule has 8 heteroatoms. The Morgan fingerprint density at radius 2 is 1.88 bits per heavy atom. The largest absolute Gasteiger partial charge is 0.497 e. The number of aliphatic carboxylic acids is 1. The molecule has 7 nitrogen and oxygen atoms in total. The topological polar surface area (TPSA) is 93.1 Å². The number of nitrogens with zero attached hydrogens (tertiary/aromatic N) is 1. The molecule has 0 amide bonds. The molecule has 1 N–H and O–H groups in total. The zero-order chi connectivity index (χ0) is 17.5. The number of carboxylic acids is 1. The second-order valence-corrected chi connectivity index (χ2v) is 8.33. The number of carboxylic acid groups (broad SMARTS) is 1. The van der Waals surface area contributed by atoms with E-state index in [0.29, 0.717) is 17.9 Å². The van der Waals surface area contributed by atoms with Gasteiger partial charge in [0.25, 0.3) is 0 Å². The lowest BCUT2D eigenvalue weighted by atomic mass is 9.81. The molecule has 24 heavy (non-hydrogen) atoms. The molecule has 1 saturated carbocycles. The summed E-state index contributed by atoms with van der Waals surface area (Å²) in [4.78, 5) is 11.8. The quantitative estimate of drug-likeness (QED) is 0.862. The zero-order valence-electron chi connectivity index (χ0n) is 13.7. The van der Waals surface area contributed by atoms with Crippen LogP contribution >= 0.6 is 0 Å². The van der Waals surface area contributed by atoms with Crippen LogP contribution in [0.25, 0.3) is 0 Å². The Morgan fingerprint density at radius 3 is 2.38 bits per heavy atom. The van der Waals surface area contributed by atoms with E-state index in [1.54, 1.807) is 6.07 Å². The SMILES string of the molecule is COc1cc(OC)cc(S(=O)(=O)N2C[C@@H]3CCC[C@@]3(C(=O)O)C2)c1. The number of benzene rings is 1. The molecule has 1 saturated heterocycles. The van der Waals surface area contributed by atoms with Gasteiger partial charge in [0.2, 0.25) is 10.0 Å². The monoisotopic (exact) mass is 355 g/mol. The maximum absolute atomic E-state index is 13.0. The summed E-state index contributed by atoms with van der Waals surface area (Å²) in [6.07, 6.45) is 2.11. The molecule has 2 fully saturated rings. The normalized spacial score (nSPS) is 27.0. The lowest BCUT2D eigenvalue weighted by molar-refractivity contribution is -0.149. The van der Waals surface area contributed by atoms with Crippen LogP contribution < -0.4 is 9.47 Å². The highest BCUT2D eigenvalue weighted by atomic mass is 32.2. The van der Waals surface area contributed by atoms with E-state index in [1.807, 2.05) is 0 Å². The average Bonchev–Trinajstić information content (AvgIpc) is 3.12. The van der Waals surface area contributed by atoms with Gasteiger partial charge in [-0.15, -0.1) is 0 Å². The minimum Gasteiger partial charge on any atom is -0.497 e. The molecule has 132 valence electrons. The van der Waals surface area contributed by atoms with Gasteiger partial charge >= 0.3 is 5.97 Å². The molecule has 2 atom stereocenters. The summed E-state index contributed by atoms with van der Waals surface area (Å²) < 4.78 is 37.5. The van der Waals surface area contributed by atoms with Crippen molar-refractivity contribution >= 4 is 16.0 Å². The van der Waals surface area contributed by atoms with E-state index in [-0.39, 0.29) is 23.9 Å². The molecule has 1 aliphatic heterocycles. The van der Waals surface area contributed by atoms with Gasteiger partial charge in [-0.25, -0.2) is 8.42 Å². The summed E-state index contributed by atoms with van der Waals surface area (Å²) in [5.74, 6) is -0.274. The number of sulfonamides is 1. The standard InChI is InChI=1S/C16H21NO6S/c1-22-12-6-13(23-2)8-14(7-12)24(20,21)17-9-11-4-3-5-16(11,10-17)15(18)19/h6-8,11H,3-5,9-10H2,1-2H3,(H,18,19)/t11-,16+/m0/s1. The van der Waals surface area contributed by atoms with Crippen LogP contribution in [0.15, 0.2) is 23.1 Å². The molecule has 2 aliphatic rings. The summed E-state index contributed by atoms with van der Waals surface area (Å²) in [6.45, 7) is 0.267.